The number of allylic oxidation sites excluding steroid dienone is 1. The Labute approximate surface area is 75.1 Å². The molecule has 0 spiro atoms. The number of rotatable bonds is 2. The molecule has 0 bridgehead atoms. The van der Waals surface area contributed by atoms with E-state index in [9.17, 15) is 4.79 Å². The highest BCUT2D eigenvalue weighted by atomic mass is 16.1. The number of aromatic nitrogens is 2. The predicted molar refractivity (Wildman–Crippen MR) is 50.6 cm³/mol. The van der Waals surface area contributed by atoms with Gasteiger partial charge < -0.3 is 4.98 Å². The Balaban J connectivity index is 2.60. The molecule has 13 heavy (non-hydrogen) atoms. The van der Waals surface area contributed by atoms with Crippen molar-refractivity contribution in [3.63, 3.8) is 0 Å². The molecule has 1 aromatic carbocycles. The van der Waals surface area contributed by atoms with Gasteiger partial charge in [0.15, 0.2) is 5.78 Å². The highest BCUT2D eigenvalue weighted by Gasteiger charge is 2.02. The van der Waals surface area contributed by atoms with E-state index in [0.29, 0.717) is 5.56 Å². The fourth-order valence-electron chi connectivity index (χ4n) is 1.21. The van der Waals surface area contributed by atoms with Crippen LogP contribution in [0.5, 0.6) is 0 Å². The van der Waals surface area contributed by atoms with Crippen LogP contribution < -0.4 is 0 Å². The molecule has 0 unspecified atom stereocenters. The van der Waals surface area contributed by atoms with Gasteiger partial charge in [0.1, 0.15) is 0 Å². The quantitative estimate of drug-likeness (QED) is 0.555. The molecule has 1 heterocycles. The number of carbonyl (C=O) groups is 1. The van der Waals surface area contributed by atoms with Crippen molar-refractivity contribution in [2.24, 2.45) is 0 Å². The van der Waals surface area contributed by atoms with Crippen molar-refractivity contribution >= 4 is 16.8 Å². The zero-order valence-electron chi connectivity index (χ0n) is 6.95. The summed E-state index contributed by atoms with van der Waals surface area (Å²) in [5, 5.41) is 0. The zero-order chi connectivity index (χ0) is 9.26. The molecule has 0 aliphatic rings. The molecule has 0 radical (unpaired) electrons. The number of H-pyrrole nitrogens is 1. The van der Waals surface area contributed by atoms with Crippen molar-refractivity contribution in [2.45, 2.75) is 0 Å². The van der Waals surface area contributed by atoms with Crippen LogP contribution in [-0.2, 0) is 0 Å². The Hall–Kier alpha value is -1.90. The second-order valence-electron chi connectivity index (χ2n) is 2.70. The molecule has 3 nitrogen and oxygen atoms in total. The number of hydrogen-bond donors (Lipinski definition) is 1. The van der Waals surface area contributed by atoms with E-state index < -0.39 is 0 Å². The standard InChI is InChI=1S/C10H8N2O/c1-2-10(13)7-3-4-8-9(5-7)12-6-11-8/h2-6H,1H2,(H,11,12). The number of ketones is 1. The minimum Gasteiger partial charge on any atom is -0.345 e. The molecule has 2 aromatic rings. The van der Waals surface area contributed by atoms with Gasteiger partial charge in [-0.05, 0) is 24.3 Å². The SMILES string of the molecule is C=CC(=O)c1ccc2nc[nH]c2c1. The summed E-state index contributed by atoms with van der Waals surface area (Å²) in [4.78, 5) is 18.2. The Bertz CT molecular complexity index is 470. The van der Waals surface area contributed by atoms with E-state index in [4.69, 9.17) is 0 Å². The molecular weight excluding hydrogens is 164 g/mol. The van der Waals surface area contributed by atoms with Crippen LogP contribution in [0.3, 0.4) is 0 Å². The molecule has 0 amide bonds. The summed E-state index contributed by atoms with van der Waals surface area (Å²) < 4.78 is 0. The highest BCUT2D eigenvalue weighted by Crippen LogP contribution is 2.11. The van der Waals surface area contributed by atoms with E-state index in [0.717, 1.165) is 11.0 Å². The van der Waals surface area contributed by atoms with Gasteiger partial charge in [-0.3, -0.25) is 4.79 Å². The fraction of sp³-hybridized carbons (Fsp3) is 0. The first kappa shape index (κ1) is 7.73. The Morgan fingerprint density at radius 2 is 2.38 bits per heavy atom. The van der Waals surface area contributed by atoms with Crippen LogP contribution in [0.15, 0.2) is 37.2 Å². The second kappa shape index (κ2) is 2.86. The molecule has 0 saturated heterocycles. The van der Waals surface area contributed by atoms with Gasteiger partial charge >= 0.3 is 0 Å². The van der Waals surface area contributed by atoms with E-state index in [1.54, 1.807) is 18.5 Å². The van der Waals surface area contributed by atoms with Crippen LogP contribution >= 0.6 is 0 Å². The first-order chi connectivity index (χ1) is 6.31. The van der Waals surface area contributed by atoms with Crippen LogP contribution in [0, 0.1) is 0 Å². The van der Waals surface area contributed by atoms with Gasteiger partial charge in [0.2, 0.25) is 0 Å². The third kappa shape index (κ3) is 1.24. The maximum absolute atomic E-state index is 11.2. The summed E-state index contributed by atoms with van der Waals surface area (Å²) in [6.07, 6.45) is 2.91. The molecule has 0 saturated carbocycles. The Morgan fingerprint density at radius 3 is 3.15 bits per heavy atom. The smallest absolute Gasteiger partial charge is 0.185 e. The third-order valence-electron chi connectivity index (χ3n) is 1.89. The average Bonchev–Trinajstić information content (AvgIpc) is 2.63. The Kier molecular flexibility index (Phi) is 1.70. The summed E-state index contributed by atoms with van der Waals surface area (Å²) in [5.41, 5.74) is 2.36. The van der Waals surface area contributed by atoms with Gasteiger partial charge in [-0.2, -0.15) is 0 Å². The van der Waals surface area contributed by atoms with Crippen LogP contribution in [0.1, 0.15) is 10.4 Å². The second-order valence-corrected chi connectivity index (χ2v) is 2.70. The van der Waals surface area contributed by atoms with Crippen LogP contribution in [0.25, 0.3) is 11.0 Å². The first-order valence-corrected chi connectivity index (χ1v) is 3.91. The summed E-state index contributed by atoms with van der Waals surface area (Å²) in [7, 11) is 0. The molecule has 1 N–H and O–H groups in total. The van der Waals surface area contributed by atoms with Crippen LogP contribution in [0.4, 0.5) is 0 Å². The summed E-state index contributed by atoms with van der Waals surface area (Å²) in [6.45, 7) is 3.43. The van der Waals surface area contributed by atoms with Crippen molar-refractivity contribution in [1.82, 2.24) is 9.97 Å². The van der Waals surface area contributed by atoms with Crippen molar-refractivity contribution in [2.75, 3.05) is 0 Å². The third-order valence-corrected chi connectivity index (χ3v) is 1.89. The number of carbonyl (C=O) groups excluding carboxylic acids is 1. The molecule has 2 rings (SSSR count). The molecular formula is C10H8N2O. The van der Waals surface area contributed by atoms with Gasteiger partial charge in [-0.1, -0.05) is 6.58 Å². The van der Waals surface area contributed by atoms with Crippen molar-refractivity contribution in [3.8, 4) is 0 Å². The highest BCUT2D eigenvalue weighted by molar-refractivity contribution is 6.05. The molecule has 0 atom stereocenters. The number of hydrogen-bond acceptors (Lipinski definition) is 2. The topological polar surface area (TPSA) is 45.8 Å². The van der Waals surface area contributed by atoms with E-state index in [1.165, 1.54) is 6.08 Å². The van der Waals surface area contributed by atoms with Crippen molar-refractivity contribution < 1.29 is 4.79 Å². The van der Waals surface area contributed by atoms with E-state index in [1.807, 2.05) is 6.07 Å². The van der Waals surface area contributed by atoms with Gasteiger partial charge in [0.05, 0.1) is 17.4 Å². The lowest BCUT2D eigenvalue weighted by Gasteiger charge is -1.94. The van der Waals surface area contributed by atoms with Gasteiger partial charge in [-0.25, -0.2) is 4.98 Å². The lowest BCUT2D eigenvalue weighted by Crippen LogP contribution is -1.92. The number of fused-ring (bicyclic) bond motifs is 1. The number of nitrogens with zero attached hydrogens (tertiary/aromatic N) is 1. The molecule has 0 aliphatic carbocycles. The molecule has 0 aliphatic heterocycles. The molecule has 1 aromatic heterocycles. The van der Waals surface area contributed by atoms with E-state index >= 15 is 0 Å². The molecule has 3 heteroatoms. The summed E-state index contributed by atoms with van der Waals surface area (Å²) in [6, 6.07) is 5.32. The van der Waals surface area contributed by atoms with Crippen LogP contribution in [0.2, 0.25) is 0 Å². The largest absolute Gasteiger partial charge is 0.345 e. The van der Waals surface area contributed by atoms with Crippen molar-refractivity contribution in [3.05, 3.63) is 42.7 Å². The summed E-state index contributed by atoms with van der Waals surface area (Å²) in [5.74, 6) is -0.0727. The lowest BCUT2D eigenvalue weighted by atomic mass is 10.1. The molecule has 64 valence electrons. The Morgan fingerprint density at radius 1 is 1.54 bits per heavy atom. The predicted octanol–water partition coefficient (Wildman–Crippen LogP) is 1.93. The number of nitrogens with one attached hydrogen (secondary N) is 1. The zero-order valence-corrected chi connectivity index (χ0v) is 6.95. The number of benzene rings is 1. The van der Waals surface area contributed by atoms with Crippen LogP contribution in [-0.4, -0.2) is 15.8 Å². The lowest BCUT2D eigenvalue weighted by molar-refractivity contribution is 0.104. The van der Waals surface area contributed by atoms with Gasteiger partial charge in [-0.15, -0.1) is 0 Å². The van der Waals surface area contributed by atoms with E-state index in [2.05, 4.69) is 16.5 Å². The number of aromatic amines is 1. The minimum absolute atomic E-state index is 0.0727. The monoisotopic (exact) mass is 172 g/mol. The maximum Gasteiger partial charge on any atom is 0.185 e. The number of imidazole rings is 1. The first-order valence-electron chi connectivity index (χ1n) is 3.91. The van der Waals surface area contributed by atoms with E-state index in [-0.39, 0.29) is 5.78 Å². The fourth-order valence-corrected chi connectivity index (χ4v) is 1.21. The van der Waals surface area contributed by atoms with Gasteiger partial charge in [0, 0.05) is 5.56 Å². The summed E-state index contributed by atoms with van der Waals surface area (Å²) >= 11 is 0. The maximum atomic E-state index is 11.2. The minimum atomic E-state index is -0.0727. The molecule has 0 fully saturated rings. The van der Waals surface area contributed by atoms with Crippen molar-refractivity contribution in [1.29, 1.82) is 0 Å². The average molecular weight is 172 g/mol. The van der Waals surface area contributed by atoms with Gasteiger partial charge in [0.25, 0.3) is 0 Å². The normalized spacial score (nSPS) is 10.2.